The molecule has 0 amide bonds. The minimum atomic E-state index is 0.330. The molecule has 0 aromatic heterocycles. The fourth-order valence-electron chi connectivity index (χ4n) is 3.81. The maximum Gasteiger partial charge on any atom is 0.231 e. The van der Waals surface area contributed by atoms with Gasteiger partial charge < -0.3 is 14.4 Å². The van der Waals surface area contributed by atoms with Gasteiger partial charge in [0.15, 0.2) is 11.5 Å². The zero-order valence-corrected chi connectivity index (χ0v) is 16.7. The van der Waals surface area contributed by atoms with Gasteiger partial charge in [-0.3, -0.25) is 0 Å². The number of hydrogen-bond acceptors (Lipinski definition) is 2. The number of fused-ring (bicyclic) bond motifs is 1. The number of hydrogen-bond donors (Lipinski definition) is 1. The first-order valence-electron chi connectivity index (χ1n) is 10.00. The standard InChI is InChI=1S/C25H27NO2/c1-19-7-3-5-9-22(19)16-26(17-23-10-6-4-8-20(23)2)14-13-21-11-12-24-25(15-21)28-18-27-24/h3-12,15H,13-14,16-18H2,1-2H3/p+1. The van der Waals surface area contributed by atoms with Crippen LogP contribution in [0, 0.1) is 13.8 Å². The molecule has 3 aromatic rings. The first-order valence-corrected chi connectivity index (χ1v) is 10.00. The van der Waals surface area contributed by atoms with Gasteiger partial charge in [0.2, 0.25) is 6.79 Å². The van der Waals surface area contributed by atoms with E-state index in [1.165, 1.54) is 27.8 Å². The lowest BCUT2D eigenvalue weighted by molar-refractivity contribution is -0.927. The third-order valence-corrected chi connectivity index (χ3v) is 5.61. The quantitative estimate of drug-likeness (QED) is 0.679. The van der Waals surface area contributed by atoms with Gasteiger partial charge in [-0.15, -0.1) is 0 Å². The molecule has 0 aliphatic carbocycles. The van der Waals surface area contributed by atoms with Crippen LogP contribution >= 0.6 is 0 Å². The SMILES string of the molecule is Cc1ccccc1C[NH+](CCc1ccc2c(c1)OCO2)Cc1ccccc1C. The first-order chi connectivity index (χ1) is 13.7. The molecule has 3 aromatic carbocycles. The van der Waals surface area contributed by atoms with Crippen molar-refractivity contribution in [3.05, 3.63) is 94.5 Å². The summed E-state index contributed by atoms with van der Waals surface area (Å²) in [6.07, 6.45) is 1.02. The van der Waals surface area contributed by atoms with E-state index in [0.717, 1.165) is 37.6 Å². The second kappa shape index (κ2) is 8.49. The molecule has 1 N–H and O–H groups in total. The summed E-state index contributed by atoms with van der Waals surface area (Å²) in [5.74, 6) is 1.73. The van der Waals surface area contributed by atoms with E-state index < -0.39 is 0 Å². The van der Waals surface area contributed by atoms with E-state index in [1.807, 2.05) is 6.07 Å². The Morgan fingerprint density at radius 3 is 2.00 bits per heavy atom. The predicted octanol–water partition coefficient (Wildman–Crippen LogP) is 3.86. The molecule has 1 heterocycles. The van der Waals surface area contributed by atoms with Crippen molar-refractivity contribution in [1.82, 2.24) is 0 Å². The molecule has 144 valence electrons. The highest BCUT2D eigenvalue weighted by Gasteiger charge is 2.16. The van der Waals surface area contributed by atoms with E-state index in [0.29, 0.717) is 6.79 Å². The topological polar surface area (TPSA) is 22.9 Å². The van der Waals surface area contributed by atoms with Crippen LogP contribution in [-0.4, -0.2) is 13.3 Å². The highest BCUT2D eigenvalue weighted by Crippen LogP contribution is 2.32. The number of quaternary nitrogens is 1. The molecule has 0 unspecified atom stereocenters. The Bertz CT molecular complexity index is 903. The molecule has 3 heteroatoms. The van der Waals surface area contributed by atoms with E-state index in [1.54, 1.807) is 4.90 Å². The number of rotatable bonds is 7. The zero-order valence-electron chi connectivity index (χ0n) is 16.7. The van der Waals surface area contributed by atoms with Gasteiger partial charge >= 0.3 is 0 Å². The molecular weight excluding hydrogens is 346 g/mol. The van der Waals surface area contributed by atoms with Crippen LogP contribution in [0.1, 0.15) is 27.8 Å². The van der Waals surface area contributed by atoms with Crippen molar-refractivity contribution in [2.24, 2.45) is 0 Å². The third kappa shape index (κ3) is 4.37. The van der Waals surface area contributed by atoms with Crippen molar-refractivity contribution in [2.75, 3.05) is 13.3 Å². The Hall–Kier alpha value is -2.78. The number of nitrogens with one attached hydrogen (secondary N) is 1. The van der Waals surface area contributed by atoms with Gasteiger partial charge in [0.1, 0.15) is 13.1 Å². The Morgan fingerprint density at radius 1 is 0.750 bits per heavy atom. The summed E-state index contributed by atoms with van der Waals surface area (Å²) in [7, 11) is 0. The van der Waals surface area contributed by atoms with E-state index in [2.05, 4.69) is 74.5 Å². The summed E-state index contributed by atoms with van der Waals surface area (Å²) < 4.78 is 11.0. The molecular formula is C25H28NO2+. The molecule has 1 aliphatic heterocycles. The molecule has 3 nitrogen and oxygen atoms in total. The first kappa shape index (κ1) is 18.6. The van der Waals surface area contributed by atoms with Crippen molar-refractivity contribution >= 4 is 0 Å². The fraction of sp³-hybridized carbons (Fsp3) is 0.280. The van der Waals surface area contributed by atoms with Gasteiger partial charge in [0.25, 0.3) is 0 Å². The minimum Gasteiger partial charge on any atom is -0.454 e. The Kier molecular flexibility index (Phi) is 5.63. The van der Waals surface area contributed by atoms with E-state index in [9.17, 15) is 0 Å². The highest BCUT2D eigenvalue weighted by molar-refractivity contribution is 5.44. The minimum absolute atomic E-state index is 0.330. The maximum absolute atomic E-state index is 5.54. The lowest BCUT2D eigenvalue weighted by Crippen LogP contribution is -3.09. The zero-order chi connectivity index (χ0) is 19.3. The summed E-state index contributed by atoms with van der Waals surface area (Å²) >= 11 is 0. The normalized spacial score (nSPS) is 12.5. The Balaban J connectivity index is 1.50. The third-order valence-electron chi connectivity index (χ3n) is 5.61. The predicted molar refractivity (Wildman–Crippen MR) is 112 cm³/mol. The second-order valence-electron chi connectivity index (χ2n) is 7.64. The van der Waals surface area contributed by atoms with Gasteiger partial charge in [0, 0.05) is 17.5 Å². The van der Waals surface area contributed by atoms with E-state index in [4.69, 9.17) is 9.47 Å². The summed E-state index contributed by atoms with van der Waals surface area (Å²) in [6.45, 7) is 7.88. The van der Waals surface area contributed by atoms with Crippen LogP contribution in [0.3, 0.4) is 0 Å². The van der Waals surface area contributed by atoms with Crippen LogP contribution in [0.15, 0.2) is 66.7 Å². The second-order valence-corrected chi connectivity index (χ2v) is 7.64. The number of benzene rings is 3. The average molecular weight is 375 g/mol. The van der Waals surface area contributed by atoms with Crippen LogP contribution in [0.2, 0.25) is 0 Å². The molecule has 28 heavy (non-hydrogen) atoms. The van der Waals surface area contributed by atoms with Crippen molar-refractivity contribution in [1.29, 1.82) is 0 Å². The lowest BCUT2D eigenvalue weighted by atomic mass is 10.1. The van der Waals surface area contributed by atoms with Gasteiger partial charge in [-0.05, 0) is 42.7 Å². The molecule has 0 fully saturated rings. The van der Waals surface area contributed by atoms with Gasteiger partial charge in [-0.1, -0.05) is 54.6 Å². The average Bonchev–Trinajstić information content (AvgIpc) is 3.17. The smallest absolute Gasteiger partial charge is 0.231 e. The van der Waals surface area contributed by atoms with Crippen molar-refractivity contribution < 1.29 is 14.4 Å². The Labute approximate surface area is 167 Å². The van der Waals surface area contributed by atoms with E-state index in [-0.39, 0.29) is 0 Å². The van der Waals surface area contributed by atoms with Crippen LogP contribution < -0.4 is 14.4 Å². The van der Waals surface area contributed by atoms with Crippen LogP contribution in [0.5, 0.6) is 11.5 Å². The fourth-order valence-corrected chi connectivity index (χ4v) is 3.81. The molecule has 0 bridgehead atoms. The molecule has 0 spiro atoms. The van der Waals surface area contributed by atoms with Gasteiger partial charge in [-0.25, -0.2) is 0 Å². The monoisotopic (exact) mass is 374 g/mol. The molecule has 0 atom stereocenters. The Morgan fingerprint density at radius 2 is 1.36 bits per heavy atom. The van der Waals surface area contributed by atoms with Crippen molar-refractivity contribution in [2.45, 2.75) is 33.4 Å². The molecule has 0 radical (unpaired) electrons. The molecule has 0 saturated heterocycles. The van der Waals surface area contributed by atoms with Crippen LogP contribution in [0.4, 0.5) is 0 Å². The number of aryl methyl sites for hydroxylation is 2. The molecule has 4 rings (SSSR count). The molecule has 0 saturated carbocycles. The highest BCUT2D eigenvalue weighted by atomic mass is 16.7. The summed E-state index contributed by atoms with van der Waals surface area (Å²) in [4.78, 5) is 1.57. The van der Waals surface area contributed by atoms with Crippen LogP contribution in [0.25, 0.3) is 0 Å². The van der Waals surface area contributed by atoms with Crippen LogP contribution in [-0.2, 0) is 19.5 Å². The lowest BCUT2D eigenvalue weighted by Gasteiger charge is -2.22. The van der Waals surface area contributed by atoms with Crippen molar-refractivity contribution in [3.8, 4) is 11.5 Å². The van der Waals surface area contributed by atoms with E-state index >= 15 is 0 Å². The largest absolute Gasteiger partial charge is 0.454 e. The van der Waals surface area contributed by atoms with Crippen molar-refractivity contribution in [3.63, 3.8) is 0 Å². The molecule has 1 aliphatic rings. The summed E-state index contributed by atoms with van der Waals surface area (Å²) in [6, 6.07) is 23.8. The van der Waals surface area contributed by atoms with Gasteiger partial charge in [-0.2, -0.15) is 0 Å². The van der Waals surface area contributed by atoms with Gasteiger partial charge in [0.05, 0.1) is 6.54 Å². The number of ether oxygens (including phenoxy) is 2. The summed E-state index contributed by atoms with van der Waals surface area (Å²) in [5.41, 5.74) is 6.89. The maximum atomic E-state index is 5.54. The summed E-state index contributed by atoms with van der Waals surface area (Å²) in [5, 5.41) is 0.